The zero-order chi connectivity index (χ0) is 23.2. The van der Waals surface area contributed by atoms with Gasteiger partial charge in [0.05, 0.1) is 31.3 Å². The quantitative estimate of drug-likeness (QED) is 0.173. The number of rotatable bonds is 10. The Morgan fingerprint density at radius 3 is 2.41 bits per heavy atom. The van der Waals surface area contributed by atoms with E-state index in [0.717, 1.165) is 44.6 Å². The Labute approximate surface area is 203 Å². The zero-order valence-corrected chi connectivity index (χ0v) is 19.8. The summed E-state index contributed by atoms with van der Waals surface area (Å²) >= 11 is 1.70. The molecule has 0 aliphatic rings. The molecule has 0 radical (unpaired) electrons. The standard InChI is InChI=1S/C28H26N2O3S/c1-31-22-13-15-23(16-14-22)32-19-20-34-28-29-25-10-4-5-11-26(25)30(28)17-18-33-27-12-6-8-21-7-2-3-9-24(21)27/h2-16H,17-20H2,1H3. The summed E-state index contributed by atoms with van der Waals surface area (Å²) < 4.78 is 19.5. The van der Waals surface area contributed by atoms with E-state index in [1.54, 1.807) is 18.9 Å². The second kappa shape index (κ2) is 10.5. The Morgan fingerprint density at radius 1 is 0.765 bits per heavy atom. The molecule has 0 saturated carbocycles. The fourth-order valence-electron chi connectivity index (χ4n) is 3.91. The highest BCUT2D eigenvalue weighted by Crippen LogP contribution is 2.27. The monoisotopic (exact) mass is 470 g/mol. The van der Waals surface area contributed by atoms with Crippen LogP contribution in [0.4, 0.5) is 0 Å². The first-order chi connectivity index (χ1) is 16.8. The molecular weight excluding hydrogens is 444 g/mol. The van der Waals surface area contributed by atoms with E-state index >= 15 is 0 Å². The highest BCUT2D eigenvalue weighted by Gasteiger charge is 2.12. The van der Waals surface area contributed by atoms with Gasteiger partial charge in [-0.1, -0.05) is 60.3 Å². The number of para-hydroxylation sites is 2. The van der Waals surface area contributed by atoms with Gasteiger partial charge in [-0.05, 0) is 47.9 Å². The third-order valence-electron chi connectivity index (χ3n) is 5.58. The largest absolute Gasteiger partial charge is 0.497 e. The summed E-state index contributed by atoms with van der Waals surface area (Å²) in [7, 11) is 1.66. The second-order valence-corrected chi connectivity index (χ2v) is 8.80. The summed E-state index contributed by atoms with van der Waals surface area (Å²) in [5.74, 6) is 3.35. The first-order valence-electron chi connectivity index (χ1n) is 11.3. The Bertz CT molecular complexity index is 1380. The van der Waals surface area contributed by atoms with Crippen LogP contribution < -0.4 is 14.2 Å². The van der Waals surface area contributed by atoms with Crippen LogP contribution in [0.3, 0.4) is 0 Å². The van der Waals surface area contributed by atoms with Crippen LogP contribution in [-0.2, 0) is 6.54 Å². The minimum absolute atomic E-state index is 0.560. The van der Waals surface area contributed by atoms with Crippen LogP contribution in [0, 0.1) is 0 Å². The minimum atomic E-state index is 0.560. The Balaban J connectivity index is 1.24. The molecule has 34 heavy (non-hydrogen) atoms. The van der Waals surface area contributed by atoms with Gasteiger partial charge in [-0.2, -0.15) is 0 Å². The van der Waals surface area contributed by atoms with Crippen molar-refractivity contribution in [1.29, 1.82) is 0 Å². The minimum Gasteiger partial charge on any atom is -0.497 e. The van der Waals surface area contributed by atoms with Crippen molar-refractivity contribution in [3.63, 3.8) is 0 Å². The number of thioether (sulfide) groups is 1. The molecule has 172 valence electrons. The smallest absolute Gasteiger partial charge is 0.169 e. The van der Waals surface area contributed by atoms with E-state index in [2.05, 4.69) is 34.9 Å². The Morgan fingerprint density at radius 2 is 1.53 bits per heavy atom. The summed E-state index contributed by atoms with van der Waals surface area (Å²) in [4.78, 5) is 4.85. The molecule has 0 atom stereocenters. The normalized spacial score (nSPS) is 11.1. The summed E-state index contributed by atoms with van der Waals surface area (Å²) in [6, 6.07) is 30.3. The average Bonchev–Trinajstić information content (AvgIpc) is 3.24. The van der Waals surface area contributed by atoms with E-state index in [1.807, 2.05) is 60.7 Å². The molecule has 0 fully saturated rings. The molecule has 4 aromatic carbocycles. The maximum Gasteiger partial charge on any atom is 0.169 e. The van der Waals surface area contributed by atoms with Gasteiger partial charge in [0.1, 0.15) is 23.9 Å². The van der Waals surface area contributed by atoms with Crippen molar-refractivity contribution in [3.05, 3.63) is 91.0 Å². The number of nitrogens with zero attached hydrogens (tertiary/aromatic N) is 2. The predicted octanol–water partition coefficient (Wildman–Crippen LogP) is 6.45. The average molecular weight is 471 g/mol. The molecule has 0 spiro atoms. The highest BCUT2D eigenvalue weighted by molar-refractivity contribution is 7.99. The first-order valence-corrected chi connectivity index (χ1v) is 12.3. The molecule has 6 heteroatoms. The Kier molecular flexibility index (Phi) is 6.86. The van der Waals surface area contributed by atoms with Crippen LogP contribution in [0.1, 0.15) is 0 Å². The molecule has 5 nitrogen and oxygen atoms in total. The summed E-state index contributed by atoms with van der Waals surface area (Å²) in [5, 5.41) is 3.29. The predicted molar refractivity (Wildman–Crippen MR) is 138 cm³/mol. The van der Waals surface area contributed by atoms with Crippen molar-refractivity contribution >= 4 is 33.6 Å². The van der Waals surface area contributed by atoms with E-state index in [0.29, 0.717) is 19.8 Å². The van der Waals surface area contributed by atoms with Gasteiger partial charge in [0.2, 0.25) is 0 Å². The lowest BCUT2D eigenvalue weighted by Crippen LogP contribution is -2.10. The number of ether oxygens (including phenoxy) is 3. The fraction of sp³-hybridized carbons (Fsp3) is 0.179. The van der Waals surface area contributed by atoms with Crippen molar-refractivity contribution in [2.75, 3.05) is 26.1 Å². The van der Waals surface area contributed by atoms with Crippen LogP contribution in [-0.4, -0.2) is 35.6 Å². The maximum atomic E-state index is 6.21. The number of fused-ring (bicyclic) bond motifs is 2. The van der Waals surface area contributed by atoms with E-state index in [-0.39, 0.29) is 0 Å². The van der Waals surface area contributed by atoms with Crippen LogP contribution in [0.15, 0.2) is 96.2 Å². The van der Waals surface area contributed by atoms with Gasteiger partial charge in [-0.3, -0.25) is 0 Å². The molecule has 5 rings (SSSR count). The fourth-order valence-corrected chi connectivity index (χ4v) is 4.77. The lowest BCUT2D eigenvalue weighted by molar-refractivity contribution is 0.299. The number of hydrogen-bond donors (Lipinski definition) is 0. The molecule has 0 amide bonds. The van der Waals surface area contributed by atoms with Crippen molar-refractivity contribution < 1.29 is 14.2 Å². The second-order valence-electron chi connectivity index (χ2n) is 7.73. The number of methoxy groups -OCH3 is 1. The van der Waals surface area contributed by atoms with Gasteiger partial charge >= 0.3 is 0 Å². The van der Waals surface area contributed by atoms with Crippen molar-refractivity contribution in [2.45, 2.75) is 11.7 Å². The first kappa shape index (κ1) is 22.2. The third kappa shape index (κ3) is 4.97. The van der Waals surface area contributed by atoms with E-state index in [1.165, 1.54) is 5.39 Å². The van der Waals surface area contributed by atoms with Gasteiger partial charge in [0.25, 0.3) is 0 Å². The summed E-state index contributed by atoms with van der Waals surface area (Å²) in [6.07, 6.45) is 0. The molecular formula is C28H26N2O3S. The third-order valence-corrected chi connectivity index (χ3v) is 6.52. The van der Waals surface area contributed by atoms with Crippen molar-refractivity contribution in [1.82, 2.24) is 9.55 Å². The SMILES string of the molecule is COc1ccc(OCCSc2nc3ccccc3n2CCOc2cccc3ccccc23)cc1. The van der Waals surface area contributed by atoms with Gasteiger partial charge in [0.15, 0.2) is 5.16 Å². The topological polar surface area (TPSA) is 45.5 Å². The summed E-state index contributed by atoms with van der Waals surface area (Å²) in [5.41, 5.74) is 2.11. The maximum absolute atomic E-state index is 6.21. The van der Waals surface area contributed by atoms with Gasteiger partial charge in [-0.15, -0.1) is 0 Å². The van der Waals surface area contributed by atoms with Crippen molar-refractivity contribution in [3.8, 4) is 17.2 Å². The van der Waals surface area contributed by atoms with Crippen LogP contribution in [0.5, 0.6) is 17.2 Å². The molecule has 0 aliphatic carbocycles. The van der Waals surface area contributed by atoms with Gasteiger partial charge < -0.3 is 18.8 Å². The number of benzene rings is 4. The van der Waals surface area contributed by atoms with Crippen LogP contribution in [0.2, 0.25) is 0 Å². The molecule has 0 bridgehead atoms. The van der Waals surface area contributed by atoms with E-state index in [9.17, 15) is 0 Å². The Hall–Kier alpha value is -3.64. The molecule has 0 saturated heterocycles. The van der Waals surface area contributed by atoms with E-state index < -0.39 is 0 Å². The van der Waals surface area contributed by atoms with Crippen LogP contribution in [0.25, 0.3) is 21.8 Å². The molecule has 0 N–H and O–H groups in total. The van der Waals surface area contributed by atoms with Gasteiger partial charge in [0, 0.05) is 11.1 Å². The molecule has 0 unspecified atom stereocenters. The molecule has 5 aromatic rings. The van der Waals surface area contributed by atoms with Crippen LogP contribution >= 0.6 is 11.8 Å². The zero-order valence-electron chi connectivity index (χ0n) is 19.0. The van der Waals surface area contributed by atoms with E-state index in [4.69, 9.17) is 19.2 Å². The number of aromatic nitrogens is 2. The molecule has 1 aromatic heterocycles. The highest BCUT2D eigenvalue weighted by atomic mass is 32.2. The molecule has 0 aliphatic heterocycles. The lowest BCUT2D eigenvalue weighted by Gasteiger charge is -2.12. The molecule has 1 heterocycles. The number of imidazole rings is 1. The lowest BCUT2D eigenvalue weighted by atomic mass is 10.1. The summed E-state index contributed by atoms with van der Waals surface area (Å²) in [6.45, 7) is 1.86. The van der Waals surface area contributed by atoms with Gasteiger partial charge in [-0.25, -0.2) is 4.98 Å². The number of hydrogen-bond acceptors (Lipinski definition) is 5. The van der Waals surface area contributed by atoms with Crippen molar-refractivity contribution in [2.24, 2.45) is 0 Å².